The number of nitrogens with one attached hydrogen (secondary N) is 1. The third-order valence-electron chi connectivity index (χ3n) is 4.46. The van der Waals surface area contributed by atoms with Crippen LogP contribution in [-0.2, 0) is 4.74 Å². The number of amides is 2. The molecule has 0 bridgehead atoms. The van der Waals surface area contributed by atoms with Gasteiger partial charge in [-0.3, -0.25) is 9.78 Å². The van der Waals surface area contributed by atoms with Crippen molar-refractivity contribution in [3.63, 3.8) is 0 Å². The zero-order valence-corrected chi connectivity index (χ0v) is 16.5. The van der Waals surface area contributed by atoms with E-state index in [1.807, 2.05) is 20.8 Å². The van der Waals surface area contributed by atoms with Crippen LogP contribution in [0.25, 0.3) is 10.9 Å². The van der Waals surface area contributed by atoms with E-state index in [0.29, 0.717) is 29.2 Å². The van der Waals surface area contributed by atoms with Crippen molar-refractivity contribution in [1.82, 2.24) is 15.2 Å². The predicted molar refractivity (Wildman–Crippen MR) is 105 cm³/mol. The van der Waals surface area contributed by atoms with Gasteiger partial charge >= 0.3 is 6.09 Å². The number of carbonyl (C=O) groups is 2. The lowest BCUT2D eigenvalue weighted by molar-refractivity contribution is 0.0225. The van der Waals surface area contributed by atoms with Gasteiger partial charge in [0.1, 0.15) is 5.60 Å². The summed E-state index contributed by atoms with van der Waals surface area (Å²) in [6.45, 7) is 6.57. The van der Waals surface area contributed by atoms with Crippen molar-refractivity contribution < 1.29 is 14.3 Å². The summed E-state index contributed by atoms with van der Waals surface area (Å²) >= 11 is 6.14. The molecular formula is C20H24ClN3O3. The van der Waals surface area contributed by atoms with Gasteiger partial charge in [0, 0.05) is 30.2 Å². The maximum Gasteiger partial charge on any atom is 0.410 e. The third kappa shape index (κ3) is 4.69. The molecule has 1 N–H and O–H groups in total. The fraction of sp³-hybridized carbons (Fsp3) is 0.450. The lowest BCUT2D eigenvalue weighted by Gasteiger charge is -2.28. The summed E-state index contributed by atoms with van der Waals surface area (Å²) in [6, 6.07) is 6.90. The minimum absolute atomic E-state index is 0.0585. The number of pyridine rings is 1. The molecule has 7 heteroatoms. The third-order valence-corrected chi connectivity index (χ3v) is 4.78. The van der Waals surface area contributed by atoms with Gasteiger partial charge < -0.3 is 15.0 Å². The standard InChI is InChI=1S/C20H24ClN3O3/c1-20(2,3)27-19(26)24-10-4-5-14(24)12-23-18(25)13-6-7-15-16(21)8-9-22-17(15)11-13/h6-9,11,14H,4-5,10,12H2,1-3H3,(H,23,25). The number of carbonyl (C=O) groups excluding carboxylic acids is 2. The van der Waals surface area contributed by atoms with Crippen LogP contribution in [-0.4, -0.2) is 46.6 Å². The minimum atomic E-state index is -0.535. The molecule has 3 rings (SSSR count). The quantitative estimate of drug-likeness (QED) is 0.860. The van der Waals surface area contributed by atoms with Crippen LogP contribution in [0.4, 0.5) is 4.79 Å². The molecule has 2 aromatic rings. The van der Waals surface area contributed by atoms with Crippen LogP contribution in [0.5, 0.6) is 0 Å². The van der Waals surface area contributed by atoms with Crippen LogP contribution in [0, 0.1) is 0 Å². The molecule has 2 amide bonds. The molecule has 1 fully saturated rings. The van der Waals surface area contributed by atoms with Crippen molar-refractivity contribution in [1.29, 1.82) is 0 Å². The second-order valence-electron chi connectivity index (χ2n) is 7.70. The van der Waals surface area contributed by atoms with Gasteiger partial charge in [0.25, 0.3) is 5.91 Å². The van der Waals surface area contributed by atoms with Crippen molar-refractivity contribution in [2.24, 2.45) is 0 Å². The van der Waals surface area contributed by atoms with Crippen LogP contribution in [0.3, 0.4) is 0 Å². The van der Waals surface area contributed by atoms with Gasteiger partial charge in [0.05, 0.1) is 16.6 Å². The highest BCUT2D eigenvalue weighted by atomic mass is 35.5. The molecule has 1 aromatic carbocycles. The Morgan fingerprint density at radius 1 is 1.33 bits per heavy atom. The van der Waals surface area contributed by atoms with Crippen molar-refractivity contribution in [3.05, 3.63) is 41.0 Å². The number of aromatic nitrogens is 1. The summed E-state index contributed by atoms with van der Waals surface area (Å²) in [5, 5.41) is 4.33. The molecule has 1 aliphatic rings. The Balaban J connectivity index is 1.64. The first-order valence-electron chi connectivity index (χ1n) is 9.07. The molecular weight excluding hydrogens is 366 g/mol. The zero-order chi connectivity index (χ0) is 19.6. The highest BCUT2D eigenvalue weighted by Crippen LogP contribution is 2.23. The Morgan fingerprint density at radius 2 is 2.11 bits per heavy atom. The minimum Gasteiger partial charge on any atom is -0.444 e. The SMILES string of the molecule is CC(C)(C)OC(=O)N1CCCC1CNC(=O)c1ccc2c(Cl)ccnc2c1. The molecule has 1 unspecified atom stereocenters. The van der Waals surface area contributed by atoms with Crippen molar-refractivity contribution >= 4 is 34.5 Å². The molecule has 2 heterocycles. The first-order valence-corrected chi connectivity index (χ1v) is 9.44. The number of hydrogen-bond acceptors (Lipinski definition) is 4. The molecule has 0 radical (unpaired) electrons. The summed E-state index contributed by atoms with van der Waals surface area (Å²) in [5.74, 6) is -0.199. The Morgan fingerprint density at radius 3 is 2.85 bits per heavy atom. The van der Waals surface area contributed by atoms with Gasteiger partial charge in [-0.2, -0.15) is 0 Å². The molecule has 27 heavy (non-hydrogen) atoms. The molecule has 0 saturated carbocycles. The second-order valence-corrected chi connectivity index (χ2v) is 8.11. The monoisotopic (exact) mass is 389 g/mol. The van der Waals surface area contributed by atoms with E-state index in [1.54, 1.807) is 35.4 Å². The summed E-state index contributed by atoms with van der Waals surface area (Å²) in [7, 11) is 0. The van der Waals surface area contributed by atoms with E-state index in [1.165, 1.54) is 0 Å². The van der Waals surface area contributed by atoms with Crippen LogP contribution >= 0.6 is 11.6 Å². The molecule has 1 aliphatic heterocycles. The Bertz CT molecular complexity index is 863. The molecule has 1 aromatic heterocycles. The fourth-order valence-electron chi connectivity index (χ4n) is 3.18. The van der Waals surface area contributed by atoms with E-state index in [4.69, 9.17) is 16.3 Å². The highest BCUT2D eigenvalue weighted by Gasteiger charge is 2.32. The maximum atomic E-state index is 12.5. The Kier molecular flexibility index (Phi) is 5.56. The number of rotatable bonds is 3. The lowest BCUT2D eigenvalue weighted by Crippen LogP contribution is -2.45. The normalized spacial score (nSPS) is 17.2. The first-order chi connectivity index (χ1) is 12.7. The number of halogens is 1. The van der Waals surface area contributed by atoms with Gasteiger partial charge in [0.2, 0.25) is 0 Å². The number of hydrogen-bond donors (Lipinski definition) is 1. The average molecular weight is 390 g/mol. The summed E-state index contributed by atoms with van der Waals surface area (Å²) in [4.78, 5) is 30.8. The molecule has 0 aliphatic carbocycles. The summed E-state index contributed by atoms with van der Waals surface area (Å²) < 4.78 is 5.46. The Hall–Kier alpha value is -2.34. The summed E-state index contributed by atoms with van der Waals surface area (Å²) in [5.41, 5.74) is 0.651. The topological polar surface area (TPSA) is 71.5 Å². The van der Waals surface area contributed by atoms with Crippen LogP contribution in [0.2, 0.25) is 5.02 Å². The van der Waals surface area contributed by atoms with Gasteiger partial charge in [-0.1, -0.05) is 17.7 Å². The van der Waals surface area contributed by atoms with E-state index in [0.717, 1.165) is 18.2 Å². The number of benzene rings is 1. The van der Waals surface area contributed by atoms with Crippen molar-refractivity contribution in [2.75, 3.05) is 13.1 Å². The number of ether oxygens (including phenoxy) is 1. The van der Waals surface area contributed by atoms with Crippen LogP contribution < -0.4 is 5.32 Å². The zero-order valence-electron chi connectivity index (χ0n) is 15.8. The molecule has 144 valence electrons. The lowest BCUT2D eigenvalue weighted by atomic mass is 10.1. The molecule has 6 nitrogen and oxygen atoms in total. The van der Waals surface area contributed by atoms with Gasteiger partial charge in [-0.25, -0.2) is 4.79 Å². The van der Waals surface area contributed by atoms with Crippen molar-refractivity contribution in [3.8, 4) is 0 Å². The average Bonchev–Trinajstić information content (AvgIpc) is 3.07. The number of nitrogens with zero attached hydrogens (tertiary/aromatic N) is 2. The molecule has 0 spiro atoms. The van der Waals surface area contributed by atoms with Crippen molar-refractivity contribution in [2.45, 2.75) is 45.3 Å². The van der Waals surface area contributed by atoms with E-state index < -0.39 is 5.60 Å². The first kappa shape index (κ1) is 19.4. The second kappa shape index (κ2) is 7.72. The van der Waals surface area contributed by atoms with Gasteiger partial charge in [0.15, 0.2) is 0 Å². The largest absolute Gasteiger partial charge is 0.444 e. The number of fused-ring (bicyclic) bond motifs is 1. The Labute approximate surface area is 163 Å². The molecule has 1 saturated heterocycles. The maximum absolute atomic E-state index is 12.5. The summed E-state index contributed by atoms with van der Waals surface area (Å²) in [6.07, 6.45) is 3.03. The van der Waals surface area contributed by atoms with E-state index in [2.05, 4.69) is 10.3 Å². The van der Waals surface area contributed by atoms with Crippen LogP contribution in [0.1, 0.15) is 44.0 Å². The fourth-order valence-corrected chi connectivity index (χ4v) is 3.39. The number of likely N-dealkylation sites (tertiary alicyclic amines) is 1. The van der Waals surface area contributed by atoms with Gasteiger partial charge in [-0.15, -0.1) is 0 Å². The highest BCUT2D eigenvalue weighted by molar-refractivity contribution is 6.35. The van der Waals surface area contributed by atoms with Gasteiger partial charge in [-0.05, 0) is 51.8 Å². The van der Waals surface area contributed by atoms with E-state index in [9.17, 15) is 9.59 Å². The predicted octanol–water partition coefficient (Wildman–Crippen LogP) is 4.02. The smallest absolute Gasteiger partial charge is 0.410 e. The van der Waals surface area contributed by atoms with E-state index in [-0.39, 0.29) is 18.0 Å². The van der Waals surface area contributed by atoms with Crippen LogP contribution in [0.15, 0.2) is 30.5 Å². The van der Waals surface area contributed by atoms with E-state index >= 15 is 0 Å². The molecule has 1 atom stereocenters.